The van der Waals surface area contributed by atoms with Crippen LogP contribution < -0.4 is 10.1 Å². The number of β-amino-alcohol motifs (C(OH)–C–C–N with tert-alkyl or cyclic N) is 1. The van der Waals surface area contributed by atoms with Crippen molar-refractivity contribution >= 4 is 23.2 Å². The van der Waals surface area contributed by atoms with Crippen LogP contribution in [0.1, 0.15) is 50.5 Å². The van der Waals surface area contributed by atoms with Gasteiger partial charge in [0, 0.05) is 13.0 Å². The number of nitrogens with zero attached hydrogens (tertiary/aromatic N) is 4. The topological polar surface area (TPSA) is 110 Å². The zero-order chi connectivity index (χ0) is 29.1. The number of aliphatic hydroxyl groups excluding tert-OH is 1. The van der Waals surface area contributed by atoms with E-state index in [0.29, 0.717) is 11.6 Å². The van der Waals surface area contributed by atoms with Gasteiger partial charge in [0.05, 0.1) is 40.8 Å². The van der Waals surface area contributed by atoms with Gasteiger partial charge < -0.3 is 24.6 Å². The maximum Gasteiger partial charge on any atom is 0.246 e. The molecule has 9 nitrogen and oxygen atoms in total. The van der Waals surface area contributed by atoms with E-state index in [1.807, 2.05) is 87.8 Å². The lowest BCUT2D eigenvalue weighted by Gasteiger charge is -2.31. The minimum absolute atomic E-state index is 0.0950. The average Bonchev–Trinajstić information content (AvgIpc) is 3.69. The molecule has 1 fully saturated rings. The number of hydrogen-bond acceptors (Lipinski definition) is 7. The maximum absolute atomic E-state index is 13.9. The molecule has 5 rings (SSSR count). The summed E-state index contributed by atoms with van der Waals surface area (Å²) in [7, 11) is 0. The molecule has 0 spiro atoms. The number of amides is 2. The zero-order valence-corrected chi connectivity index (χ0v) is 24.4. The first-order valence-electron chi connectivity index (χ1n) is 13.8. The fourth-order valence-corrected chi connectivity index (χ4v) is 6.07. The number of thiazole rings is 1. The van der Waals surface area contributed by atoms with Crippen LogP contribution in [0.3, 0.4) is 0 Å². The quantitative estimate of drug-likeness (QED) is 0.287. The van der Waals surface area contributed by atoms with Crippen molar-refractivity contribution < 1.29 is 19.4 Å². The number of aryl methyl sites for hydroxylation is 1. The number of hydrogen-bond donors (Lipinski definition) is 2. The summed E-state index contributed by atoms with van der Waals surface area (Å²) in [6.07, 6.45) is 2.67. The van der Waals surface area contributed by atoms with Gasteiger partial charge in [0.1, 0.15) is 17.8 Å². The molecule has 2 amide bonds. The number of rotatable bonds is 9. The largest absolute Gasteiger partial charge is 0.438 e. The molecule has 4 aromatic rings. The molecule has 2 aromatic carbocycles. The summed E-state index contributed by atoms with van der Waals surface area (Å²) in [4.78, 5) is 38.6. The van der Waals surface area contributed by atoms with Crippen molar-refractivity contribution in [2.45, 2.75) is 58.3 Å². The Hall–Kier alpha value is -4.02. The van der Waals surface area contributed by atoms with E-state index in [0.717, 1.165) is 21.7 Å². The second-order valence-corrected chi connectivity index (χ2v) is 11.6. The van der Waals surface area contributed by atoms with Crippen LogP contribution in [-0.2, 0) is 9.59 Å². The highest BCUT2D eigenvalue weighted by molar-refractivity contribution is 7.13. The molecular formula is C31H35N5O4S. The van der Waals surface area contributed by atoms with Gasteiger partial charge in [-0.1, -0.05) is 56.3 Å². The summed E-state index contributed by atoms with van der Waals surface area (Å²) >= 11 is 1.60. The Morgan fingerprint density at radius 1 is 1.07 bits per heavy atom. The number of carbonyl (C=O) groups excluding carboxylic acids is 2. The van der Waals surface area contributed by atoms with E-state index >= 15 is 0 Å². The molecular weight excluding hydrogens is 538 g/mol. The third-order valence-electron chi connectivity index (χ3n) is 7.39. The van der Waals surface area contributed by atoms with Crippen LogP contribution in [0, 0.1) is 12.8 Å². The van der Waals surface area contributed by atoms with Gasteiger partial charge in [0.2, 0.25) is 17.7 Å². The van der Waals surface area contributed by atoms with Gasteiger partial charge in [0.15, 0.2) is 0 Å². The summed E-state index contributed by atoms with van der Waals surface area (Å²) in [5.41, 5.74) is 4.85. The van der Waals surface area contributed by atoms with Crippen LogP contribution in [0.15, 0.2) is 72.6 Å². The Morgan fingerprint density at radius 3 is 2.46 bits per heavy atom. The van der Waals surface area contributed by atoms with E-state index in [1.165, 1.54) is 4.90 Å². The molecule has 2 N–H and O–H groups in total. The highest BCUT2D eigenvalue weighted by atomic mass is 32.1. The van der Waals surface area contributed by atoms with Crippen molar-refractivity contribution in [3.63, 3.8) is 0 Å². The molecule has 0 bridgehead atoms. The minimum Gasteiger partial charge on any atom is -0.438 e. The second kappa shape index (κ2) is 12.2. The SMILES string of the molecule is Cc1ncsc1-c1ccc([C@H](C)NC(=O)[C@@H]2C[C@@H](O)CN2C(=O)[C@H](C(C)C)n2cnc(Oc3ccccc3)c2)cc1. The molecule has 3 heterocycles. The average molecular weight is 574 g/mol. The number of carbonyl (C=O) groups is 2. The smallest absolute Gasteiger partial charge is 0.246 e. The van der Waals surface area contributed by atoms with Crippen LogP contribution in [0.2, 0.25) is 0 Å². The molecule has 0 unspecified atom stereocenters. The van der Waals surface area contributed by atoms with E-state index in [4.69, 9.17) is 4.74 Å². The van der Waals surface area contributed by atoms with Crippen molar-refractivity contribution in [2.24, 2.45) is 5.92 Å². The molecule has 1 aliphatic heterocycles. The first-order valence-corrected chi connectivity index (χ1v) is 14.6. The minimum atomic E-state index is -0.778. The van der Waals surface area contributed by atoms with Crippen LogP contribution in [0.5, 0.6) is 11.6 Å². The number of aromatic nitrogens is 3. The molecule has 2 aromatic heterocycles. The van der Waals surface area contributed by atoms with Gasteiger partial charge >= 0.3 is 0 Å². The Labute approximate surface area is 243 Å². The van der Waals surface area contributed by atoms with Gasteiger partial charge in [-0.15, -0.1) is 11.3 Å². The van der Waals surface area contributed by atoms with E-state index < -0.39 is 18.2 Å². The van der Waals surface area contributed by atoms with Crippen molar-refractivity contribution in [2.75, 3.05) is 6.54 Å². The Morgan fingerprint density at radius 2 is 1.80 bits per heavy atom. The number of imidazole rings is 1. The highest BCUT2D eigenvalue weighted by Crippen LogP contribution is 2.30. The van der Waals surface area contributed by atoms with Gasteiger partial charge in [-0.05, 0) is 43.0 Å². The Balaban J connectivity index is 1.28. The molecule has 41 heavy (non-hydrogen) atoms. The molecule has 1 aliphatic rings. The number of likely N-dealkylation sites (tertiary alicyclic amines) is 1. The first kappa shape index (κ1) is 28.5. The lowest BCUT2D eigenvalue weighted by molar-refractivity contribution is -0.142. The molecule has 4 atom stereocenters. The molecule has 0 saturated carbocycles. The predicted molar refractivity (Wildman–Crippen MR) is 158 cm³/mol. The third-order valence-corrected chi connectivity index (χ3v) is 8.37. The first-order chi connectivity index (χ1) is 19.7. The van der Waals surface area contributed by atoms with E-state index in [9.17, 15) is 14.7 Å². The van der Waals surface area contributed by atoms with Gasteiger partial charge in [-0.2, -0.15) is 0 Å². The third kappa shape index (κ3) is 6.34. The van der Waals surface area contributed by atoms with Gasteiger partial charge in [-0.3, -0.25) is 9.59 Å². The fourth-order valence-electron chi connectivity index (χ4n) is 5.26. The highest BCUT2D eigenvalue weighted by Gasteiger charge is 2.42. The summed E-state index contributed by atoms with van der Waals surface area (Å²) in [5, 5.41) is 13.6. The van der Waals surface area contributed by atoms with E-state index in [-0.39, 0.29) is 36.7 Å². The molecule has 0 radical (unpaired) electrons. The van der Waals surface area contributed by atoms with Crippen LogP contribution in [0.4, 0.5) is 0 Å². The lowest BCUT2D eigenvalue weighted by Crippen LogP contribution is -2.49. The zero-order valence-electron chi connectivity index (χ0n) is 23.6. The second-order valence-electron chi connectivity index (χ2n) is 10.8. The van der Waals surface area contributed by atoms with E-state index in [2.05, 4.69) is 15.3 Å². The number of aliphatic hydroxyl groups is 1. The fraction of sp³-hybridized carbons (Fsp3) is 0.355. The van der Waals surface area contributed by atoms with Crippen LogP contribution >= 0.6 is 11.3 Å². The normalized spacial score (nSPS) is 18.3. The number of para-hydroxylation sites is 1. The molecule has 10 heteroatoms. The predicted octanol–water partition coefficient (Wildman–Crippen LogP) is 5.14. The lowest BCUT2D eigenvalue weighted by atomic mass is 10.0. The molecule has 1 saturated heterocycles. The summed E-state index contributed by atoms with van der Waals surface area (Å²) in [5.74, 6) is 0.397. The van der Waals surface area contributed by atoms with Crippen molar-refractivity contribution in [3.8, 4) is 22.1 Å². The molecule has 0 aliphatic carbocycles. The monoisotopic (exact) mass is 573 g/mol. The standard InChI is InChI=1S/C31H35N5O4S/c1-19(2)28(35-16-27(32-17-35)40-25-8-6-5-7-9-25)31(39)36-15-24(37)14-26(36)30(38)34-20(3)22-10-12-23(13-11-22)29-21(4)33-18-41-29/h5-13,16-20,24,26,28,37H,14-15H2,1-4H3,(H,34,38)/t20-,24+,26-,28-/m0/s1. The van der Waals surface area contributed by atoms with Gasteiger partial charge in [0.25, 0.3) is 0 Å². The Kier molecular flexibility index (Phi) is 8.51. The van der Waals surface area contributed by atoms with Crippen LogP contribution in [0.25, 0.3) is 10.4 Å². The van der Waals surface area contributed by atoms with Crippen molar-refractivity contribution in [1.29, 1.82) is 0 Å². The number of nitrogens with one attached hydrogen (secondary N) is 1. The van der Waals surface area contributed by atoms with Gasteiger partial charge in [-0.25, -0.2) is 9.97 Å². The summed E-state index contributed by atoms with van der Waals surface area (Å²) in [6, 6.07) is 15.7. The van der Waals surface area contributed by atoms with Crippen LogP contribution in [-0.4, -0.2) is 55.0 Å². The summed E-state index contributed by atoms with van der Waals surface area (Å²) < 4.78 is 7.55. The molecule has 214 valence electrons. The number of ether oxygens (including phenoxy) is 1. The maximum atomic E-state index is 13.9. The van der Waals surface area contributed by atoms with E-state index in [1.54, 1.807) is 28.4 Å². The number of benzene rings is 2. The Bertz CT molecular complexity index is 1480. The van der Waals surface area contributed by atoms with Crippen molar-refractivity contribution in [1.82, 2.24) is 24.8 Å². The van der Waals surface area contributed by atoms with Crippen molar-refractivity contribution in [3.05, 3.63) is 83.9 Å². The summed E-state index contributed by atoms with van der Waals surface area (Å²) in [6.45, 7) is 7.89.